The second-order valence-electron chi connectivity index (χ2n) is 7.05. The zero-order valence-corrected chi connectivity index (χ0v) is 16.7. The first-order valence-electron chi connectivity index (χ1n) is 9.99. The van der Waals surface area contributed by atoms with Crippen molar-refractivity contribution in [1.29, 1.82) is 0 Å². The molecular weight excluding hydrogens is 343 g/mol. The van der Waals surface area contributed by atoms with E-state index in [2.05, 4.69) is 6.92 Å². The standard InChI is InChI=1S/C22H31O3P/c1-2-3-4-5-6-7-8-13-18-24-26(23)22-17-12-10-15-20(22)19-14-9-11-16-21(19)25-26/h9-12,14-17,23,26H,2-8,13,18H2,1H3. The average molecular weight is 374 g/mol. The van der Waals surface area contributed by atoms with E-state index < -0.39 is 7.94 Å². The van der Waals surface area contributed by atoms with E-state index in [-0.39, 0.29) is 0 Å². The molecule has 26 heavy (non-hydrogen) atoms. The van der Waals surface area contributed by atoms with Gasteiger partial charge in [-0.3, -0.25) is 0 Å². The normalized spacial score (nSPS) is 15.6. The Kier molecular flexibility index (Phi) is 7.07. The van der Waals surface area contributed by atoms with Gasteiger partial charge in [0.25, 0.3) is 0 Å². The Bertz CT molecular complexity index is 703. The van der Waals surface area contributed by atoms with Crippen LogP contribution >= 0.6 is 7.94 Å². The van der Waals surface area contributed by atoms with Crippen LogP contribution < -0.4 is 9.83 Å². The van der Waals surface area contributed by atoms with Crippen LogP contribution in [0.2, 0.25) is 0 Å². The first-order chi connectivity index (χ1) is 12.7. The van der Waals surface area contributed by atoms with Crippen molar-refractivity contribution in [1.82, 2.24) is 0 Å². The molecule has 142 valence electrons. The maximum atomic E-state index is 11.2. The fourth-order valence-electron chi connectivity index (χ4n) is 3.53. The molecule has 0 saturated heterocycles. The molecule has 1 aliphatic heterocycles. The zero-order chi connectivity index (χ0) is 18.2. The topological polar surface area (TPSA) is 38.7 Å². The molecule has 0 bridgehead atoms. The van der Waals surface area contributed by atoms with Gasteiger partial charge in [-0.15, -0.1) is 0 Å². The molecule has 0 radical (unpaired) electrons. The van der Waals surface area contributed by atoms with Crippen LogP contribution in [0.15, 0.2) is 48.5 Å². The van der Waals surface area contributed by atoms with E-state index in [1.165, 1.54) is 38.5 Å². The number of para-hydroxylation sites is 1. The summed E-state index contributed by atoms with van der Waals surface area (Å²) in [6.45, 7) is 2.80. The van der Waals surface area contributed by atoms with E-state index in [9.17, 15) is 4.89 Å². The van der Waals surface area contributed by atoms with Crippen molar-refractivity contribution in [2.24, 2.45) is 0 Å². The average Bonchev–Trinajstić information content (AvgIpc) is 2.67. The molecule has 1 aliphatic rings. The van der Waals surface area contributed by atoms with Gasteiger partial charge in [0, 0.05) is 0 Å². The van der Waals surface area contributed by atoms with Gasteiger partial charge in [-0.2, -0.15) is 0 Å². The van der Waals surface area contributed by atoms with Crippen molar-refractivity contribution in [3.63, 3.8) is 0 Å². The summed E-state index contributed by atoms with van der Waals surface area (Å²) in [4.78, 5) is 11.2. The van der Waals surface area contributed by atoms with E-state index in [0.717, 1.165) is 35.0 Å². The number of fused-ring (bicyclic) bond motifs is 3. The molecule has 1 heterocycles. The zero-order valence-electron chi connectivity index (χ0n) is 15.7. The minimum absolute atomic E-state index is 0.550. The molecule has 4 heteroatoms. The number of unbranched alkanes of at least 4 members (excludes halogenated alkanes) is 7. The molecule has 0 aromatic heterocycles. The molecule has 0 atom stereocenters. The van der Waals surface area contributed by atoms with Crippen LogP contribution in [0.4, 0.5) is 0 Å². The van der Waals surface area contributed by atoms with Crippen molar-refractivity contribution in [3.05, 3.63) is 48.5 Å². The maximum absolute atomic E-state index is 11.2. The van der Waals surface area contributed by atoms with Crippen LogP contribution in [0, 0.1) is 0 Å². The van der Waals surface area contributed by atoms with E-state index in [1.54, 1.807) is 0 Å². The van der Waals surface area contributed by atoms with Crippen molar-refractivity contribution in [3.8, 4) is 16.9 Å². The first kappa shape index (κ1) is 19.4. The predicted octanol–water partition coefficient (Wildman–Crippen LogP) is 6.02. The Morgan fingerprint density at radius 1 is 0.808 bits per heavy atom. The third-order valence-electron chi connectivity index (χ3n) is 4.99. The van der Waals surface area contributed by atoms with Crippen LogP contribution in [0.3, 0.4) is 0 Å². The SMILES string of the molecule is CCCCCCCCCCO[PH]1(O)Oc2ccccc2-c2ccccc21. The van der Waals surface area contributed by atoms with Crippen molar-refractivity contribution < 1.29 is 13.9 Å². The molecule has 0 fully saturated rings. The third kappa shape index (κ3) is 4.65. The first-order valence-corrected chi connectivity index (χ1v) is 11.8. The molecule has 0 spiro atoms. The van der Waals surface area contributed by atoms with Gasteiger partial charge < -0.3 is 0 Å². The van der Waals surface area contributed by atoms with Crippen molar-refractivity contribution in [2.45, 2.75) is 58.3 Å². The van der Waals surface area contributed by atoms with Gasteiger partial charge in [0.1, 0.15) is 0 Å². The van der Waals surface area contributed by atoms with Crippen LogP contribution in [0.1, 0.15) is 58.3 Å². The molecule has 0 unspecified atom stereocenters. The number of rotatable bonds is 10. The fraction of sp³-hybridized carbons (Fsp3) is 0.455. The molecule has 1 N–H and O–H groups in total. The summed E-state index contributed by atoms with van der Waals surface area (Å²) in [6.07, 6.45) is 9.98. The van der Waals surface area contributed by atoms with Gasteiger partial charge in [-0.25, -0.2) is 0 Å². The van der Waals surface area contributed by atoms with Crippen LogP contribution in [0.5, 0.6) is 5.75 Å². The summed E-state index contributed by atoms with van der Waals surface area (Å²) in [5.74, 6) is 0.719. The quantitative estimate of drug-likeness (QED) is 0.408. The van der Waals surface area contributed by atoms with Gasteiger partial charge in [0.2, 0.25) is 0 Å². The molecule has 0 aliphatic carbocycles. The number of hydrogen-bond acceptors (Lipinski definition) is 3. The Morgan fingerprint density at radius 2 is 1.42 bits per heavy atom. The predicted molar refractivity (Wildman–Crippen MR) is 111 cm³/mol. The second-order valence-corrected chi connectivity index (χ2v) is 9.24. The molecule has 3 nitrogen and oxygen atoms in total. The van der Waals surface area contributed by atoms with Gasteiger partial charge in [0.15, 0.2) is 0 Å². The van der Waals surface area contributed by atoms with E-state index in [0.29, 0.717) is 6.61 Å². The second kappa shape index (κ2) is 9.50. The summed E-state index contributed by atoms with van der Waals surface area (Å²) in [5.41, 5.74) is 2.05. The van der Waals surface area contributed by atoms with E-state index in [1.807, 2.05) is 48.5 Å². The third-order valence-corrected chi connectivity index (χ3v) is 7.20. The summed E-state index contributed by atoms with van der Waals surface area (Å²) in [6, 6.07) is 15.8. The molecule has 0 amide bonds. The fourth-order valence-corrected chi connectivity index (χ4v) is 5.62. The summed E-state index contributed by atoms with van der Waals surface area (Å²) >= 11 is 0. The van der Waals surface area contributed by atoms with Gasteiger partial charge in [-0.1, -0.05) is 0 Å². The van der Waals surface area contributed by atoms with Gasteiger partial charge in [0.05, 0.1) is 0 Å². The van der Waals surface area contributed by atoms with E-state index in [4.69, 9.17) is 9.05 Å². The number of hydrogen-bond donors (Lipinski definition) is 1. The summed E-state index contributed by atoms with van der Waals surface area (Å²) < 4.78 is 12.0. The Balaban J connectivity index is 1.54. The monoisotopic (exact) mass is 374 g/mol. The van der Waals surface area contributed by atoms with Gasteiger partial charge >= 0.3 is 157 Å². The molecule has 2 aromatic carbocycles. The molecule has 3 rings (SSSR count). The minimum atomic E-state index is -3.39. The molecular formula is C22H31O3P. The summed E-state index contributed by atoms with van der Waals surface area (Å²) in [7, 11) is -3.39. The molecule has 0 saturated carbocycles. The Morgan fingerprint density at radius 3 is 2.19 bits per heavy atom. The molecule has 2 aromatic rings. The van der Waals surface area contributed by atoms with Crippen LogP contribution in [-0.2, 0) is 4.52 Å². The van der Waals surface area contributed by atoms with Gasteiger partial charge in [-0.05, 0) is 0 Å². The summed E-state index contributed by atoms with van der Waals surface area (Å²) in [5, 5.41) is 0.818. The van der Waals surface area contributed by atoms with Crippen molar-refractivity contribution in [2.75, 3.05) is 6.61 Å². The number of benzene rings is 2. The van der Waals surface area contributed by atoms with Crippen molar-refractivity contribution >= 4 is 13.2 Å². The van der Waals surface area contributed by atoms with Crippen LogP contribution in [-0.4, -0.2) is 11.5 Å². The Hall–Kier alpha value is -1.41. The van der Waals surface area contributed by atoms with E-state index >= 15 is 0 Å². The van der Waals surface area contributed by atoms with Crippen LogP contribution in [0.25, 0.3) is 11.1 Å². The Labute approximate surface area is 157 Å².